The number of hydrogen-bond acceptors (Lipinski definition) is 2. The Kier molecular flexibility index (Phi) is 5.30. The van der Waals surface area contributed by atoms with Gasteiger partial charge in [-0.05, 0) is 43.9 Å². The van der Waals surface area contributed by atoms with Crippen LogP contribution in [0.2, 0.25) is 0 Å². The zero-order valence-electron chi connectivity index (χ0n) is 11.3. The third kappa shape index (κ3) is 4.26. The van der Waals surface area contributed by atoms with Crippen LogP contribution >= 0.6 is 0 Å². The van der Waals surface area contributed by atoms with Gasteiger partial charge in [0.2, 0.25) is 0 Å². The van der Waals surface area contributed by atoms with E-state index in [0.29, 0.717) is 12.0 Å². The monoisotopic (exact) mass is 239 g/mol. The molecule has 4 unspecified atom stereocenters. The number of rotatable bonds is 3. The lowest BCUT2D eigenvalue weighted by Gasteiger charge is -2.29. The minimum Gasteiger partial charge on any atom is -0.393 e. The van der Waals surface area contributed by atoms with Crippen molar-refractivity contribution >= 4 is 0 Å². The molecule has 100 valence electrons. The van der Waals surface area contributed by atoms with Gasteiger partial charge >= 0.3 is 0 Å². The van der Waals surface area contributed by atoms with E-state index in [2.05, 4.69) is 12.2 Å². The number of aliphatic hydroxyl groups excluding tert-OH is 1. The summed E-state index contributed by atoms with van der Waals surface area (Å²) in [4.78, 5) is 0. The quantitative estimate of drug-likeness (QED) is 0.742. The molecule has 2 heteroatoms. The molecule has 2 saturated carbocycles. The SMILES string of the molecule is CC1CCCC(NCC2CCCCC2O)CC1. The Morgan fingerprint density at radius 3 is 2.59 bits per heavy atom. The molecule has 0 heterocycles. The van der Waals surface area contributed by atoms with E-state index in [1.807, 2.05) is 0 Å². The Hall–Kier alpha value is -0.0800. The molecule has 0 radical (unpaired) electrons. The van der Waals surface area contributed by atoms with Crippen molar-refractivity contribution in [3.63, 3.8) is 0 Å². The maximum Gasteiger partial charge on any atom is 0.0580 e. The van der Waals surface area contributed by atoms with E-state index in [0.717, 1.165) is 18.9 Å². The third-order valence-corrected chi connectivity index (χ3v) is 4.80. The fourth-order valence-electron chi connectivity index (χ4n) is 3.44. The molecule has 0 aromatic heterocycles. The van der Waals surface area contributed by atoms with Gasteiger partial charge in [-0.15, -0.1) is 0 Å². The van der Waals surface area contributed by atoms with Crippen LogP contribution in [-0.2, 0) is 0 Å². The van der Waals surface area contributed by atoms with Crippen LogP contribution in [0.3, 0.4) is 0 Å². The Bertz CT molecular complexity index is 219. The van der Waals surface area contributed by atoms with Crippen molar-refractivity contribution in [3.05, 3.63) is 0 Å². The summed E-state index contributed by atoms with van der Waals surface area (Å²) >= 11 is 0. The second kappa shape index (κ2) is 6.75. The van der Waals surface area contributed by atoms with Crippen LogP contribution < -0.4 is 5.32 Å². The molecule has 0 aromatic carbocycles. The second-order valence-electron chi connectivity index (χ2n) is 6.33. The highest BCUT2D eigenvalue weighted by Gasteiger charge is 2.24. The maximum absolute atomic E-state index is 9.96. The van der Waals surface area contributed by atoms with E-state index in [4.69, 9.17) is 0 Å². The summed E-state index contributed by atoms with van der Waals surface area (Å²) < 4.78 is 0. The molecule has 2 nitrogen and oxygen atoms in total. The first-order valence-electron chi connectivity index (χ1n) is 7.67. The molecule has 2 fully saturated rings. The van der Waals surface area contributed by atoms with Gasteiger partial charge < -0.3 is 10.4 Å². The van der Waals surface area contributed by atoms with E-state index in [1.54, 1.807) is 0 Å². The number of aliphatic hydroxyl groups is 1. The van der Waals surface area contributed by atoms with E-state index < -0.39 is 0 Å². The lowest BCUT2D eigenvalue weighted by molar-refractivity contribution is 0.0678. The fourth-order valence-corrected chi connectivity index (χ4v) is 3.44. The van der Waals surface area contributed by atoms with Gasteiger partial charge in [0.05, 0.1) is 6.10 Å². The van der Waals surface area contributed by atoms with Gasteiger partial charge in [0.1, 0.15) is 0 Å². The van der Waals surface area contributed by atoms with Crippen LogP contribution in [0.15, 0.2) is 0 Å². The second-order valence-corrected chi connectivity index (χ2v) is 6.33. The molecule has 0 saturated heterocycles. The molecule has 0 aromatic rings. The minimum atomic E-state index is -0.0408. The molecule has 0 aliphatic heterocycles. The highest BCUT2D eigenvalue weighted by atomic mass is 16.3. The molecule has 2 aliphatic carbocycles. The fraction of sp³-hybridized carbons (Fsp3) is 1.00. The summed E-state index contributed by atoms with van der Waals surface area (Å²) in [5, 5.41) is 13.7. The molecule has 2 aliphatic rings. The summed E-state index contributed by atoms with van der Waals surface area (Å²) in [5.41, 5.74) is 0. The Labute approximate surface area is 106 Å². The highest BCUT2D eigenvalue weighted by molar-refractivity contribution is 4.79. The standard InChI is InChI=1S/C15H29NO/c1-12-5-4-7-14(10-9-12)16-11-13-6-2-3-8-15(13)17/h12-17H,2-11H2,1H3. The maximum atomic E-state index is 9.96. The molecule has 0 bridgehead atoms. The average Bonchev–Trinajstić information content (AvgIpc) is 2.53. The van der Waals surface area contributed by atoms with E-state index in [-0.39, 0.29) is 6.10 Å². The average molecular weight is 239 g/mol. The lowest BCUT2D eigenvalue weighted by Crippen LogP contribution is -2.38. The van der Waals surface area contributed by atoms with E-state index in [9.17, 15) is 5.11 Å². The van der Waals surface area contributed by atoms with Crippen LogP contribution in [0.1, 0.15) is 64.7 Å². The number of nitrogens with one attached hydrogen (secondary N) is 1. The van der Waals surface area contributed by atoms with Gasteiger partial charge in [0.15, 0.2) is 0 Å². The molecule has 4 atom stereocenters. The molecule has 2 rings (SSSR count). The Balaban J connectivity index is 1.69. The Morgan fingerprint density at radius 1 is 0.941 bits per heavy atom. The van der Waals surface area contributed by atoms with Crippen LogP contribution in [0.5, 0.6) is 0 Å². The topological polar surface area (TPSA) is 32.3 Å². The van der Waals surface area contributed by atoms with Crippen molar-refractivity contribution in [3.8, 4) is 0 Å². The van der Waals surface area contributed by atoms with Gasteiger partial charge in [-0.1, -0.05) is 32.6 Å². The third-order valence-electron chi connectivity index (χ3n) is 4.80. The first-order valence-corrected chi connectivity index (χ1v) is 7.67. The zero-order valence-corrected chi connectivity index (χ0v) is 11.3. The summed E-state index contributed by atoms with van der Waals surface area (Å²) in [5.74, 6) is 1.44. The van der Waals surface area contributed by atoms with Crippen LogP contribution in [0.25, 0.3) is 0 Å². The summed E-state index contributed by atoms with van der Waals surface area (Å²) in [7, 11) is 0. The summed E-state index contributed by atoms with van der Waals surface area (Å²) in [6, 6.07) is 0.717. The summed E-state index contributed by atoms with van der Waals surface area (Å²) in [6.45, 7) is 3.42. The Morgan fingerprint density at radius 2 is 1.76 bits per heavy atom. The normalized spacial score (nSPS) is 39.9. The van der Waals surface area contributed by atoms with Crippen molar-refractivity contribution in [1.29, 1.82) is 0 Å². The van der Waals surface area contributed by atoms with Crippen molar-refractivity contribution in [2.45, 2.75) is 76.9 Å². The van der Waals surface area contributed by atoms with Crippen molar-refractivity contribution < 1.29 is 5.11 Å². The molecular weight excluding hydrogens is 210 g/mol. The van der Waals surface area contributed by atoms with Crippen LogP contribution in [0, 0.1) is 11.8 Å². The van der Waals surface area contributed by atoms with Gasteiger partial charge in [-0.2, -0.15) is 0 Å². The molecule has 0 spiro atoms. The molecular formula is C15H29NO. The first-order chi connectivity index (χ1) is 8.25. The van der Waals surface area contributed by atoms with Gasteiger partial charge in [-0.25, -0.2) is 0 Å². The first kappa shape index (κ1) is 13.4. The van der Waals surface area contributed by atoms with Crippen molar-refractivity contribution in [1.82, 2.24) is 5.32 Å². The molecule has 2 N–H and O–H groups in total. The zero-order chi connectivity index (χ0) is 12.1. The minimum absolute atomic E-state index is 0.0408. The van der Waals surface area contributed by atoms with E-state index >= 15 is 0 Å². The van der Waals surface area contributed by atoms with Gasteiger partial charge in [0.25, 0.3) is 0 Å². The van der Waals surface area contributed by atoms with Crippen molar-refractivity contribution in [2.24, 2.45) is 11.8 Å². The van der Waals surface area contributed by atoms with E-state index in [1.165, 1.54) is 51.4 Å². The lowest BCUT2D eigenvalue weighted by atomic mass is 9.86. The van der Waals surface area contributed by atoms with Crippen LogP contribution in [0.4, 0.5) is 0 Å². The molecule has 17 heavy (non-hydrogen) atoms. The van der Waals surface area contributed by atoms with Gasteiger partial charge in [-0.3, -0.25) is 0 Å². The number of hydrogen-bond donors (Lipinski definition) is 2. The van der Waals surface area contributed by atoms with Crippen LogP contribution in [-0.4, -0.2) is 23.8 Å². The molecule has 0 amide bonds. The van der Waals surface area contributed by atoms with Gasteiger partial charge in [0, 0.05) is 12.6 Å². The predicted molar refractivity (Wildman–Crippen MR) is 72.0 cm³/mol. The largest absolute Gasteiger partial charge is 0.393 e. The highest BCUT2D eigenvalue weighted by Crippen LogP contribution is 2.25. The summed E-state index contributed by atoms with van der Waals surface area (Å²) in [6.07, 6.45) is 11.6. The smallest absolute Gasteiger partial charge is 0.0580 e. The predicted octanol–water partition coefficient (Wildman–Crippen LogP) is 3.10. The van der Waals surface area contributed by atoms with Crippen molar-refractivity contribution in [2.75, 3.05) is 6.54 Å².